The molecule has 2 aromatic rings. The number of rotatable bonds is 0. The number of pyridine rings is 1. The van der Waals surface area contributed by atoms with Gasteiger partial charge in [-0.25, -0.2) is 0 Å². The molecule has 0 aliphatic carbocycles. The van der Waals surface area contributed by atoms with Crippen LogP contribution in [-0.2, 0) is 0 Å². The van der Waals surface area contributed by atoms with Crippen LogP contribution in [0.25, 0.3) is 10.9 Å². The monoisotopic (exact) mass is 363 g/mol. The van der Waals surface area contributed by atoms with Crippen molar-refractivity contribution in [2.75, 3.05) is 0 Å². The molecule has 0 bridgehead atoms. The fourth-order valence-electron chi connectivity index (χ4n) is 1.13. The molecule has 0 unspecified atom stereocenters. The minimum atomic E-state index is 0.970. The molecule has 1 aromatic carbocycles. The Bertz CT molecular complexity index is 468. The molecule has 1 aromatic heterocycles. The minimum absolute atomic E-state index is 0.970. The molecular formula is C9H4Br3N. The second-order valence-electron chi connectivity index (χ2n) is 2.58. The Hall–Kier alpha value is 0.0700. The summed E-state index contributed by atoms with van der Waals surface area (Å²) in [6.45, 7) is 0. The van der Waals surface area contributed by atoms with E-state index in [1.54, 1.807) is 6.20 Å². The lowest BCUT2D eigenvalue weighted by atomic mass is 10.2. The van der Waals surface area contributed by atoms with Crippen LogP contribution < -0.4 is 0 Å². The number of nitrogens with zero attached hydrogens (tertiary/aromatic N) is 1. The molecule has 66 valence electrons. The van der Waals surface area contributed by atoms with Crippen molar-refractivity contribution >= 4 is 58.7 Å². The highest BCUT2D eigenvalue weighted by Crippen LogP contribution is 2.30. The molecule has 0 N–H and O–H groups in total. The SMILES string of the molecule is Brc1cnc2c(Br)ccc(Br)c2c1. The van der Waals surface area contributed by atoms with Crippen molar-refractivity contribution in [1.82, 2.24) is 4.98 Å². The molecule has 0 spiro atoms. The van der Waals surface area contributed by atoms with Crippen molar-refractivity contribution in [1.29, 1.82) is 0 Å². The molecule has 2 rings (SSSR count). The summed E-state index contributed by atoms with van der Waals surface area (Å²) < 4.78 is 3.05. The number of hydrogen-bond acceptors (Lipinski definition) is 1. The normalized spacial score (nSPS) is 10.7. The van der Waals surface area contributed by atoms with Gasteiger partial charge in [0.25, 0.3) is 0 Å². The van der Waals surface area contributed by atoms with Gasteiger partial charge in [0.05, 0.1) is 5.52 Å². The lowest BCUT2D eigenvalue weighted by molar-refractivity contribution is 1.38. The number of fused-ring (bicyclic) bond motifs is 1. The molecule has 0 aliphatic rings. The Morgan fingerprint density at radius 3 is 2.46 bits per heavy atom. The molecule has 4 heteroatoms. The molecule has 0 amide bonds. The van der Waals surface area contributed by atoms with Gasteiger partial charge < -0.3 is 0 Å². The van der Waals surface area contributed by atoms with E-state index < -0.39 is 0 Å². The van der Waals surface area contributed by atoms with Crippen molar-refractivity contribution in [3.05, 3.63) is 37.8 Å². The van der Waals surface area contributed by atoms with E-state index in [1.807, 2.05) is 18.2 Å². The molecule has 1 heterocycles. The molecular weight excluding hydrogens is 362 g/mol. The number of hydrogen-bond donors (Lipinski definition) is 0. The predicted molar refractivity (Wildman–Crippen MR) is 64.8 cm³/mol. The van der Waals surface area contributed by atoms with Crippen molar-refractivity contribution in [2.45, 2.75) is 0 Å². The minimum Gasteiger partial charge on any atom is -0.254 e. The third-order valence-corrected chi connectivity index (χ3v) is 3.48. The standard InChI is InChI=1S/C9H4Br3N/c10-5-3-6-7(11)1-2-8(12)9(6)13-4-5/h1-4H. The van der Waals surface area contributed by atoms with Gasteiger partial charge in [-0.3, -0.25) is 4.98 Å². The summed E-state index contributed by atoms with van der Waals surface area (Å²) in [5.41, 5.74) is 0.970. The average molecular weight is 366 g/mol. The molecule has 0 saturated carbocycles. The zero-order chi connectivity index (χ0) is 9.42. The van der Waals surface area contributed by atoms with Gasteiger partial charge in [-0.15, -0.1) is 0 Å². The summed E-state index contributed by atoms with van der Waals surface area (Å²) in [5, 5.41) is 1.10. The maximum absolute atomic E-state index is 4.32. The van der Waals surface area contributed by atoms with Crippen LogP contribution in [-0.4, -0.2) is 4.98 Å². The highest BCUT2D eigenvalue weighted by Gasteiger charge is 2.03. The van der Waals surface area contributed by atoms with Gasteiger partial charge in [0, 0.05) is 25.0 Å². The number of halogens is 3. The average Bonchev–Trinajstić information content (AvgIpc) is 2.12. The zero-order valence-electron chi connectivity index (χ0n) is 6.39. The third kappa shape index (κ3) is 1.80. The van der Waals surface area contributed by atoms with Crippen LogP contribution in [0.1, 0.15) is 0 Å². The van der Waals surface area contributed by atoms with Gasteiger partial charge in [-0.2, -0.15) is 0 Å². The Morgan fingerprint density at radius 1 is 1.00 bits per heavy atom. The summed E-state index contributed by atoms with van der Waals surface area (Å²) in [4.78, 5) is 4.32. The first kappa shape index (κ1) is 9.62. The zero-order valence-corrected chi connectivity index (χ0v) is 11.1. The number of benzene rings is 1. The number of aromatic nitrogens is 1. The molecule has 0 aliphatic heterocycles. The second-order valence-corrected chi connectivity index (χ2v) is 5.20. The Morgan fingerprint density at radius 2 is 1.69 bits per heavy atom. The van der Waals surface area contributed by atoms with Crippen LogP contribution in [0.5, 0.6) is 0 Å². The van der Waals surface area contributed by atoms with Gasteiger partial charge in [0.1, 0.15) is 0 Å². The van der Waals surface area contributed by atoms with Crippen LogP contribution in [0.3, 0.4) is 0 Å². The summed E-state index contributed by atoms with van der Waals surface area (Å²) >= 11 is 10.3. The van der Waals surface area contributed by atoms with Crippen molar-refractivity contribution in [3.63, 3.8) is 0 Å². The highest BCUT2D eigenvalue weighted by molar-refractivity contribution is 9.11. The second kappa shape index (κ2) is 3.67. The molecule has 13 heavy (non-hydrogen) atoms. The summed E-state index contributed by atoms with van der Waals surface area (Å²) in [5.74, 6) is 0. The largest absolute Gasteiger partial charge is 0.254 e. The van der Waals surface area contributed by atoms with E-state index in [4.69, 9.17) is 0 Å². The lowest BCUT2D eigenvalue weighted by Gasteiger charge is -2.02. The smallest absolute Gasteiger partial charge is 0.0856 e. The van der Waals surface area contributed by atoms with Crippen LogP contribution >= 0.6 is 47.8 Å². The van der Waals surface area contributed by atoms with E-state index in [0.717, 1.165) is 24.3 Å². The summed E-state index contributed by atoms with van der Waals surface area (Å²) in [6.07, 6.45) is 1.79. The van der Waals surface area contributed by atoms with Crippen LogP contribution in [0.2, 0.25) is 0 Å². The van der Waals surface area contributed by atoms with E-state index >= 15 is 0 Å². The summed E-state index contributed by atoms with van der Waals surface area (Å²) in [7, 11) is 0. The maximum atomic E-state index is 4.32. The first-order valence-electron chi connectivity index (χ1n) is 3.58. The highest BCUT2D eigenvalue weighted by atomic mass is 79.9. The van der Waals surface area contributed by atoms with E-state index in [1.165, 1.54) is 0 Å². The molecule has 0 fully saturated rings. The van der Waals surface area contributed by atoms with Crippen LogP contribution in [0, 0.1) is 0 Å². The van der Waals surface area contributed by atoms with E-state index in [-0.39, 0.29) is 0 Å². The lowest BCUT2D eigenvalue weighted by Crippen LogP contribution is -1.81. The van der Waals surface area contributed by atoms with E-state index in [0.29, 0.717) is 0 Å². The molecule has 0 radical (unpaired) electrons. The summed E-state index contributed by atoms with van der Waals surface area (Å²) in [6, 6.07) is 6.02. The van der Waals surface area contributed by atoms with Crippen molar-refractivity contribution in [2.24, 2.45) is 0 Å². The quantitative estimate of drug-likeness (QED) is 0.668. The fourth-order valence-corrected chi connectivity index (χ4v) is 2.34. The fraction of sp³-hybridized carbons (Fsp3) is 0. The van der Waals surface area contributed by atoms with Crippen LogP contribution in [0.4, 0.5) is 0 Å². The molecule has 0 atom stereocenters. The van der Waals surface area contributed by atoms with Crippen molar-refractivity contribution < 1.29 is 0 Å². The van der Waals surface area contributed by atoms with Gasteiger partial charge in [0.2, 0.25) is 0 Å². The topological polar surface area (TPSA) is 12.9 Å². The van der Waals surface area contributed by atoms with Gasteiger partial charge in [0.15, 0.2) is 0 Å². The van der Waals surface area contributed by atoms with E-state index in [2.05, 4.69) is 52.8 Å². The van der Waals surface area contributed by atoms with Crippen molar-refractivity contribution in [3.8, 4) is 0 Å². The Kier molecular flexibility index (Phi) is 2.72. The third-order valence-electron chi connectivity index (χ3n) is 1.71. The Labute approximate surface area is 101 Å². The Balaban J connectivity index is 2.92. The first-order valence-corrected chi connectivity index (χ1v) is 5.95. The van der Waals surface area contributed by atoms with Crippen LogP contribution in [0.15, 0.2) is 37.8 Å². The van der Waals surface area contributed by atoms with E-state index in [9.17, 15) is 0 Å². The van der Waals surface area contributed by atoms with Gasteiger partial charge in [-0.1, -0.05) is 15.9 Å². The predicted octanol–water partition coefficient (Wildman–Crippen LogP) is 4.52. The van der Waals surface area contributed by atoms with Gasteiger partial charge in [-0.05, 0) is 50.1 Å². The maximum Gasteiger partial charge on any atom is 0.0856 e. The van der Waals surface area contributed by atoms with Gasteiger partial charge >= 0.3 is 0 Å². The molecule has 0 saturated heterocycles. The molecule has 1 nitrogen and oxygen atoms in total. The first-order chi connectivity index (χ1) is 6.18.